The lowest BCUT2D eigenvalue weighted by Crippen LogP contribution is -2.16. The van der Waals surface area contributed by atoms with E-state index in [0.29, 0.717) is 17.3 Å². The maximum atomic E-state index is 12.1. The maximum absolute atomic E-state index is 12.1. The Morgan fingerprint density at radius 2 is 2.21 bits per heavy atom. The van der Waals surface area contributed by atoms with Crippen LogP contribution in [0.4, 0.5) is 11.6 Å². The number of imidazole rings is 1. The van der Waals surface area contributed by atoms with Gasteiger partial charge in [-0.2, -0.15) is 0 Å². The number of para-hydroxylation sites is 2. The van der Waals surface area contributed by atoms with Gasteiger partial charge in [0.2, 0.25) is 5.95 Å². The van der Waals surface area contributed by atoms with Crippen LogP contribution in [0.5, 0.6) is 0 Å². The van der Waals surface area contributed by atoms with Crippen molar-refractivity contribution in [2.24, 2.45) is 7.05 Å². The van der Waals surface area contributed by atoms with Gasteiger partial charge in [0.1, 0.15) is 5.69 Å². The van der Waals surface area contributed by atoms with Crippen LogP contribution in [-0.2, 0) is 7.05 Å². The Hall–Kier alpha value is -2.76. The van der Waals surface area contributed by atoms with Crippen molar-refractivity contribution in [3.05, 3.63) is 42.2 Å². The van der Waals surface area contributed by atoms with Crippen LogP contribution in [0.15, 0.2) is 36.5 Å². The van der Waals surface area contributed by atoms with Gasteiger partial charge in [0.25, 0.3) is 5.91 Å². The molecule has 2 aromatic heterocycles. The Kier molecular flexibility index (Phi) is 2.49. The van der Waals surface area contributed by atoms with E-state index in [1.54, 1.807) is 23.9 Å². The van der Waals surface area contributed by atoms with Crippen LogP contribution in [0.1, 0.15) is 10.5 Å². The molecule has 1 aromatic carbocycles. The molecule has 0 radical (unpaired) electrons. The summed E-state index contributed by atoms with van der Waals surface area (Å²) in [6.07, 6.45) is 1.69. The van der Waals surface area contributed by atoms with Crippen LogP contribution < -0.4 is 11.1 Å². The number of amides is 1. The molecule has 6 nitrogen and oxygen atoms in total. The highest BCUT2D eigenvalue weighted by molar-refractivity contribution is 6.03. The van der Waals surface area contributed by atoms with E-state index in [0.717, 1.165) is 11.0 Å². The van der Waals surface area contributed by atoms with E-state index >= 15 is 0 Å². The summed E-state index contributed by atoms with van der Waals surface area (Å²) in [4.78, 5) is 19.4. The van der Waals surface area contributed by atoms with Gasteiger partial charge in [-0.05, 0) is 18.2 Å². The summed E-state index contributed by atoms with van der Waals surface area (Å²) in [5.41, 5.74) is 8.37. The third kappa shape index (κ3) is 2.03. The summed E-state index contributed by atoms with van der Waals surface area (Å²) >= 11 is 0. The first-order chi connectivity index (χ1) is 9.13. The van der Waals surface area contributed by atoms with Gasteiger partial charge in [-0.3, -0.25) is 10.1 Å². The summed E-state index contributed by atoms with van der Waals surface area (Å²) in [5.74, 6) is 0.171. The minimum Gasteiger partial charge on any atom is -0.397 e. The standard InChI is InChI=1S/C13H13N5O/c1-18-7-8(14)6-11(18)12(19)17-13-15-9-4-2-3-5-10(9)16-13/h2-7H,14H2,1H3,(H2,15,16,17,19). The Labute approximate surface area is 109 Å². The van der Waals surface area contributed by atoms with Gasteiger partial charge in [0.15, 0.2) is 0 Å². The molecule has 0 atom stereocenters. The number of aromatic nitrogens is 3. The number of aryl methyl sites for hydroxylation is 1. The van der Waals surface area contributed by atoms with Crippen molar-refractivity contribution in [1.82, 2.24) is 14.5 Å². The fraction of sp³-hybridized carbons (Fsp3) is 0.0769. The average molecular weight is 255 g/mol. The summed E-state index contributed by atoms with van der Waals surface area (Å²) in [7, 11) is 1.77. The maximum Gasteiger partial charge on any atom is 0.274 e. The zero-order chi connectivity index (χ0) is 13.4. The molecule has 0 aliphatic heterocycles. The second-order valence-electron chi connectivity index (χ2n) is 4.33. The smallest absolute Gasteiger partial charge is 0.274 e. The third-order valence-corrected chi connectivity index (χ3v) is 2.88. The van der Waals surface area contributed by atoms with E-state index in [4.69, 9.17) is 5.73 Å². The monoisotopic (exact) mass is 255 g/mol. The molecule has 0 saturated heterocycles. The van der Waals surface area contributed by atoms with E-state index in [2.05, 4.69) is 15.3 Å². The number of fused-ring (bicyclic) bond motifs is 1. The van der Waals surface area contributed by atoms with Gasteiger partial charge in [-0.25, -0.2) is 4.98 Å². The molecule has 3 rings (SSSR count). The fourth-order valence-corrected chi connectivity index (χ4v) is 2.00. The van der Waals surface area contributed by atoms with Crippen LogP contribution in [0.3, 0.4) is 0 Å². The zero-order valence-electron chi connectivity index (χ0n) is 10.3. The van der Waals surface area contributed by atoms with Gasteiger partial charge >= 0.3 is 0 Å². The first kappa shape index (κ1) is 11.3. The Bertz CT molecular complexity index is 722. The molecule has 0 spiro atoms. The number of nitrogens with one attached hydrogen (secondary N) is 2. The number of benzene rings is 1. The minimum absolute atomic E-state index is 0.252. The number of carbonyl (C=O) groups excluding carboxylic acids is 1. The molecule has 0 aliphatic rings. The van der Waals surface area contributed by atoms with Crippen LogP contribution in [0.25, 0.3) is 11.0 Å². The Morgan fingerprint density at radius 1 is 1.42 bits per heavy atom. The lowest BCUT2D eigenvalue weighted by molar-refractivity contribution is 0.101. The van der Waals surface area contributed by atoms with Crippen molar-refractivity contribution in [1.29, 1.82) is 0 Å². The number of aromatic amines is 1. The molecule has 96 valence electrons. The number of hydrogen-bond donors (Lipinski definition) is 3. The Balaban J connectivity index is 1.88. The first-order valence-electron chi connectivity index (χ1n) is 5.81. The summed E-state index contributed by atoms with van der Waals surface area (Å²) in [5, 5.41) is 2.72. The molecule has 3 aromatic rings. The normalized spacial score (nSPS) is 10.8. The molecule has 0 unspecified atom stereocenters. The lowest BCUT2D eigenvalue weighted by atomic mass is 10.3. The number of hydrogen-bond acceptors (Lipinski definition) is 3. The second kappa shape index (κ2) is 4.16. The van der Waals surface area contributed by atoms with E-state index in [1.807, 2.05) is 24.3 Å². The lowest BCUT2D eigenvalue weighted by Gasteiger charge is -2.02. The van der Waals surface area contributed by atoms with Gasteiger partial charge in [-0.1, -0.05) is 12.1 Å². The van der Waals surface area contributed by atoms with E-state index in [1.165, 1.54) is 0 Å². The summed E-state index contributed by atoms with van der Waals surface area (Å²) < 4.78 is 1.67. The molecule has 1 amide bonds. The molecular formula is C13H13N5O. The zero-order valence-corrected chi connectivity index (χ0v) is 10.3. The quantitative estimate of drug-likeness (QED) is 0.651. The number of nitrogen functional groups attached to an aromatic ring is 1. The first-order valence-corrected chi connectivity index (χ1v) is 5.81. The van der Waals surface area contributed by atoms with Crippen molar-refractivity contribution < 1.29 is 4.79 Å². The molecule has 4 N–H and O–H groups in total. The number of rotatable bonds is 2. The summed E-state index contributed by atoms with van der Waals surface area (Å²) in [6, 6.07) is 9.20. The van der Waals surface area contributed by atoms with E-state index < -0.39 is 0 Å². The number of H-pyrrole nitrogens is 1. The van der Waals surface area contributed by atoms with Crippen LogP contribution in [0.2, 0.25) is 0 Å². The predicted octanol–water partition coefficient (Wildman–Crippen LogP) is 1.74. The Morgan fingerprint density at radius 3 is 2.89 bits per heavy atom. The summed E-state index contributed by atoms with van der Waals surface area (Å²) in [6.45, 7) is 0. The molecule has 0 aliphatic carbocycles. The van der Waals surface area contributed by atoms with E-state index in [-0.39, 0.29) is 5.91 Å². The molecule has 6 heteroatoms. The molecule has 19 heavy (non-hydrogen) atoms. The highest BCUT2D eigenvalue weighted by Crippen LogP contribution is 2.15. The predicted molar refractivity (Wildman–Crippen MR) is 73.9 cm³/mol. The van der Waals surface area contributed by atoms with Gasteiger partial charge in [0.05, 0.1) is 16.7 Å². The SMILES string of the molecule is Cn1cc(N)cc1C(=O)Nc1nc2ccccc2[nH]1. The molecular weight excluding hydrogens is 242 g/mol. The van der Waals surface area contributed by atoms with Crippen LogP contribution in [-0.4, -0.2) is 20.4 Å². The second-order valence-corrected chi connectivity index (χ2v) is 4.33. The highest BCUT2D eigenvalue weighted by atomic mass is 16.2. The third-order valence-electron chi connectivity index (χ3n) is 2.88. The van der Waals surface area contributed by atoms with Crippen molar-refractivity contribution in [3.63, 3.8) is 0 Å². The van der Waals surface area contributed by atoms with E-state index in [9.17, 15) is 4.79 Å². The topological polar surface area (TPSA) is 88.7 Å². The largest absolute Gasteiger partial charge is 0.397 e. The number of anilines is 2. The van der Waals surface area contributed by atoms with Crippen molar-refractivity contribution >= 4 is 28.6 Å². The number of nitrogens with two attached hydrogens (primary N) is 1. The molecule has 0 fully saturated rings. The highest BCUT2D eigenvalue weighted by Gasteiger charge is 2.12. The minimum atomic E-state index is -0.252. The molecule has 2 heterocycles. The molecule has 0 saturated carbocycles. The fourth-order valence-electron chi connectivity index (χ4n) is 2.00. The van der Waals surface area contributed by atoms with Crippen molar-refractivity contribution in [3.8, 4) is 0 Å². The van der Waals surface area contributed by atoms with Gasteiger partial charge in [0, 0.05) is 13.2 Å². The van der Waals surface area contributed by atoms with Crippen LogP contribution >= 0.6 is 0 Å². The van der Waals surface area contributed by atoms with Gasteiger partial charge < -0.3 is 15.3 Å². The number of carbonyl (C=O) groups is 1. The van der Waals surface area contributed by atoms with Crippen LogP contribution in [0, 0.1) is 0 Å². The van der Waals surface area contributed by atoms with Crippen molar-refractivity contribution in [2.75, 3.05) is 11.1 Å². The van der Waals surface area contributed by atoms with Gasteiger partial charge in [-0.15, -0.1) is 0 Å². The molecule has 0 bridgehead atoms. The van der Waals surface area contributed by atoms with Crippen molar-refractivity contribution in [2.45, 2.75) is 0 Å². The number of nitrogens with zero attached hydrogens (tertiary/aromatic N) is 2. The average Bonchev–Trinajstić information content (AvgIpc) is 2.91.